The van der Waals surface area contributed by atoms with Crippen molar-refractivity contribution in [1.29, 1.82) is 0 Å². The molecular weight excluding hydrogens is 267 g/mol. The largest absolute Gasteiger partial charge is 0.464 e. The lowest BCUT2D eigenvalue weighted by Crippen LogP contribution is -2.04. The number of hydrogen-bond donors (Lipinski definition) is 1. The lowest BCUT2D eigenvalue weighted by Gasteiger charge is -2.06. The highest BCUT2D eigenvalue weighted by molar-refractivity contribution is 7.99. The first-order valence-corrected chi connectivity index (χ1v) is 6.53. The third kappa shape index (κ3) is 3.78. The molecule has 0 saturated carbocycles. The summed E-state index contributed by atoms with van der Waals surface area (Å²) in [5, 5.41) is 3.29. The highest BCUT2D eigenvalue weighted by Crippen LogP contribution is 2.26. The van der Waals surface area contributed by atoms with E-state index in [1.165, 1.54) is 23.9 Å². The van der Waals surface area contributed by atoms with Crippen LogP contribution in [0.5, 0.6) is 6.01 Å². The van der Waals surface area contributed by atoms with E-state index in [0.717, 1.165) is 4.90 Å². The molecule has 2 rings (SSSR count). The Morgan fingerprint density at radius 1 is 1.32 bits per heavy atom. The number of anilines is 1. The Labute approximate surface area is 114 Å². The lowest BCUT2D eigenvalue weighted by atomic mass is 10.4. The summed E-state index contributed by atoms with van der Waals surface area (Å²) in [5.74, 6) is 0.121. The van der Waals surface area contributed by atoms with Crippen LogP contribution >= 0.6 is 11.8 Å². The Kier molecular flexibility index (Phi) is 4.51. The summed E-state index contributed by atoms with van der Waals surface area (Å²) in [6.07, 6.45) is 0. The molecule has 0 amide bonds. The number of nitrogens with one attached hydrogen (secondary N) is 1. The molecule has 0 unspecified atom stereocenters. The van der Waals surface area contributed by atoms with Crippen LogP contribution < -0.4 is 10.1 Å². The molecule has 1 aromatic heterocycles. The summed E-state index contributed by atoms with van der Waals surface area (Å²) >= 11 is 1.25. The second kappa shape index (κ2) is 6.33. The predicted molar refractivity (Wildman–Crippen MR) is 71.1 cm³/mol. The minimum atomic E-state index is -0.294. The quantitative estimate of drug-likeness (QED) is 0.908. The first kappa shape index (κ1) is 13.5. The van der Waals surface area contributed by atoms with Gasteiger partial charge >= 0.3 is 6.01 Å². The third-order valence-electron chi connectivity index (χ3n) is 2.10. The summed E-state index contributed by atoms with van der Waals surface area (Å²) in [7, 11) is 1.71. The summed E-state index contributed by atoms with van der Waals surface area (Å²) in [4.78, 5) is 13.1. The van der Waals surface area contributed by atoms with Gasteiger partial charge in [-0.25, -0.2) is 4.39 Å². The maximum atomic E-state index is 13.1. The molecule has 1 heterocycles. The van der Waals surface area contributed by atoms with Gasteiger partial charge in [0, 0.05) is 11.9 Å². The Hall–Kier alpha value is -1.89. The normalized spacial score (nSPS) is 10.3. The fraction of sp³-hybridized carbons (Fsp3) is 0.250. The summed E-state index contributed by atoms with van der Waals surface area (Å²) in [6.45, 7) is 2.32. The van der Waals surface area contributed by atoms with Crippen LogP contribution in [-0.4, -0.2) is 28.6 Å². The molecule has 0 aliphatic rings. The average Bonchev–Trinajstić information content (AvgIpc) is 2.39. The zero-order chi connectivity index (χ0) is 13.7. The van der Waals surface area contributed by atoms with Crippen LogP contribution in [0.25, 0.3) is 0 Å². The number of hydrogen-bond acceptors (Lipinski definition) is 6. The highest BCUT2D eigenvalue weighted by Gasteiger charge is 2.08. The van der Waals surface area contributed by atoms with Gasteiger partial charge in [0.25, 0.3) is 0 Å². The van der Waals surface area contributed by atoms with Gasteiger partial charge in [-0.15, -0.1) is 0 Å². The Morgan fingerprint density at radius 3 is 2.84 bits per heavy atom. The fourth-order valence-electron chi connectivity index (χ4n) is 1.33. The number of rotatable bonds is 5. The molecule has 7 heteroatoms. The molecule has 0 spiro atoms. The Morgan fingerprint density at radius 2 is 2.16 bits per heavy atom. The van der Waals surface area contributed by atoms with Crippen LogP contribution in [0.3, 0.4) is 0 Å². The van der Waals surface area contributed by atoms with Crippen molar-refractivity contribution in [3.63, 3.8) is 0 Å². The smallest absolute Gasteiger partial charge is 0.322 e. The van der Waals surface area contributed by atoms with E-state index in [4.69, 9.17) is 4.74 Å². The molecule has 0 atom stereocenters. The van der Waals surface area contributed by atoms with E-state index >= 15 is 0 Å². The molecule has 100 valence electrons. The second-order valence-corrected chi connectivity index (χ2v) is 4.51. The minimum absolute atomic E-state index is 0.251. The fourth-order valence-corrected chi connectivity index (χ4v) is 2.11. The molecule has 0 bridgehead atoms. The van der Waals surface area contributed by atoms with Crippen molar-refractivity contribution in [2.75, 3.05) is 19.0 Å². The number of ether oxygens (including phenoxy) is 1. The van der Waals surface area contributed by atoms with Crippen molar-refractivity contribution in [3.8, 4) is 6.01 Å². The van der Waals surface area contributed by atoms with Gasteiger partial charge in [-0.3, -0.25) is 0 Å². The number of benzene rings is 1. The minimum Gasteiger partial charge on any atom is -0.464 e. The maximum Gasteiger partial charge on any atom is 0.322 e. The molecule has 5 nitrogen and oxygen atoms in total. The lowest BCUT2D eigenvalue weighted by molar-refractivity contribution is 0.308. The summed E-state index contributed by atoms with van der Waals surface area (Å²) in [5.41, 5.74) is 0. The molecule has 0 aliphatic carbocycles. The van der Waals surface area contributed by atoms with E-state index in [1.54, 1.807) is 19.2 Å². The molecule has 2 aromatic rings. The van der Waals surface area contributed by atoms with Gasteiger partial charge in [0.1, 0.15) is 5.82 Å². The van der Waals surface area contributed by atoms with E-state index in [2.05, 4.69) is 20.3 Å². The molecular formula is C12H13FN4OS. The van der Waals surface area contributed by atoms with Crippen molar-refractivity contribution in [2.24, 2.45) is 0 Å². The highest BCUT2D eigenvalue weighted by atomic mass is 32.2. The van der Waals surface area contributed by atoms with Crippen LogP contribution in [0.4, 0.5) is 10.3 Å². The van der Waals surface area contributed by atoms with E-state index in [0.29, 0.717) is 17.7 Å². The Bertz CT molecular complexity index is 567. The zero-order valence-corrected chi connectivity index (χ0v) is 11.4. The first-order valence-electron chi connectivity index (χ1n) is 5.71. The van der Waals surface area contributed by atoms with Gasteiger partial charge in [-0.05, 0) is 36.9 Å². The van der Waals surface area contributed by atoms with E-state index < -0.39 is 0 Å². The monoisotopic (exact) mass is 280 g/mol. The van der Waals surface area contributed by atoms with Crippen molar-refractivity contribution in [2.45, 2.75) is 17.0 Å². The molecule has 1 aromatic carbocycles. The molecule has 0 radical (unpaired) electrons. The van der Waals surface area contributed by atoms with E-state index in [9.17, 15) is 4.39 Å². The average molecular weight is 280 g/mol. The zero-order valence-electron chi connectivity index (χ0n) is 10.6. The molecule has 0 aliphatic heterocycles. The van der Waals surface area contributed by atoms with Crippen molar-refractivity contribution >= 4 is 17.7 Å². The second-order valence-electron chi connectivity index (χ2n) is 3.47. The summed E-state index contributed by atoms with van der Waals surface area (Å²) in [6, 6.07) is 6.49. The molecule has 0 fully saturated rings. The van der Waals surface area contributed by atoms with Crippen LogP contribution in [0.2, 0.25) is 0 Å². The van der Waals surface area contributed by atoms with Crippen LogP contribution in [0, 0.1) is 5.82 Å². The van der Waals surface area contributed by atoms with Gasteiger partial charge in [0.05, 0.1) is 6.61 Å². The topological polar surface area (TPSA) is 59.9 Å². The molecule has 19 heavy (non-hydrogen) atoms. The predicted octanol–water partition coefficient (Wildman–Crippen LogP) is 2.60. The van der Waals surface area contributed by atoms with Gasteiger partial charge in [0.15, 0.2) is 0 Å². The number of halogens is 1. The van der Waals surface area contributed by atoms with Crippen molar-refractivity contribution in [1.82, 2.24) is 15.0 Å². The van der Waals surface area contributed by atoms with Gasteiger partial charge in [-0.1, -0.05) is 6.07 Å². The van der Waals surface area contributed by atoms with Gasteiger partial charge < -0.3 is 10.1 Å². The van der Waals surface area contributed by atoms with Gasteiger partial charge in [-0.2, -0.15) is 15.0 Å². The van der Waals surface area contributed by atoms with Crippen molar-refractivity contribution in [3.05, 3.63) is 30.1 Å². The van der Waals surface area contributed by atoms with E-state index in [1.807, 2.05) is 6.92 Å². The van der Waals surface area contributed by atoms with Gasteiger partial charge in [0.2, 0.25) is 11.1 Å². The SMILES string of the molecule is CCOc1nc(NC)nc(Sc2cccc(F)c2)n1. The number of aromatic nitrogens is 3. The third-order valence-corrected chi connectivity index (χ3v) is 2.95. The Balaban J connectivity index is 2.26. The van der Waals surface area contributed by atoms with Crippen LogP contribution in [-0.2, 0) is 0 Å². The first-order chi connectivity index (χ1) is 9.21. The summed E-state index contributed by atoms with van der Waals surface area (Å²) < 4.78 is 18.4. The number of nitrogens with zero attached hydrogens (tertiary/aromatic N) is 3. The van der Waals surface area contributed by atoms with Crippen LogP contribution in [0.15, 0.2) is 34.3 Å². The van der Waals surface area contributed by atoms with E-state index in [-0.39, 0.29) is 11.8 Å². The van der Waals surface area contributed by atoms with Crippen LogP contribution in [0.1, 0.15) is 6.92 Å². The maximum absolute atomic E-state index is 13.1. The standard InChI is InChI=1S/C12H13FN4OS/c1-3-18-11-15-10(14-2)16-12(17-11)19-9-6-4-5-8(13)7-9/h4-7H,3H2,1-2H3,(H,14,15,16,17). The molecule has 1 N–H and O–H groups in total. The van der Waals surface area contributed by atoms with Crippen molar-refractivity contribution < 1.29 is 9.13 Å². The molecule has 0 saturated heterocycles.